The molecule has 0 spiro atoms. The predicted molar refractivity (Wildman–Crippen MR) is 70.5 cm³/mol. The summed E-state index contributed by atoms with van der Waals surface area (Å²) in [6.45, 7) is 0. The smallest absolute Gasteiger partial charge is 0.0706 e. The van der Waals surface area contributed by atoms with Crippen molar-refractivity contribution in [2.45, 2.75) is 5.92 Å². The molecule has 2 heteroatoms. The number of fused-ring (bicyclic) bond motifs is 1. The van der Waals surface area contributed by atoms with Crippen LogP contribution in [0.25, 0.3) is 10.9 Å². The minimum atomic E-state index is 0.341. The van der Waals surface area contributed by atoms with Gasteiger partial charge in [0.2, 0.25) is 0 Å². The Bertz CT molecular complexity index is 587. The summed E-state index contributed by atoms with van der Waals surface area (Å²) in [5.41, 5.74) is 2.16. The molecule has 0 amide bonds. The van der Waals surface area contributed by atoms with E-state index in [-0.39, 0.29) is 0 Å². The molecule has 0 unspecified atom stereocenters. The van der Waals surface area contributed by atoms with Gasteiger partial charge >= 0.3 is 0 Å². The van der Waals surface area contributed by atoms with E-state index in [0.29, 0.717) is 5.92 Å². The Morgan fingerprint density at radius 3 is 2.62 bits per heavy atom. The molecule has 0 saturated heterocycles. The van der Waals surface area contributed by atoms with Gasteiger partial charge in [-0.3, -0.25) is 4.98 Å². The van der Waals surface area contributed by atoms with Crippen molar-refractivity contribution in [2.24, 2.45) is 0 Å². The van der Waals surface area contributed by atoms with Crippen molar-refractivity contribution in [3.63, 3.8) is 0 Å². The van der Waals surface area contributed by atoms with Gasteiger partial charge in [0, 0.05) is 15.8 Å². The van der Waals surface area contributed by atoms with Crippen molar-refractivity contribution >= 4 is 26.8 Å². The number of aromatic nitrogens is 1. The van der Waals surface area contributed by atoms with Gasteiger partial charge in [-0.25, -0.2) is 0 Å². The molecule has 0 N–H and O–H groups in total. The van der Waals surface area contributed by atoms with Crippen LogP contribution >= 0.6 is 15.9 Å². The number of hydrogen-bond donors (Lipinski definition) is 0. The van der Waals surface area contributed by atoms with E-state index < -0.39 is 0 Å². The van der Waals surface area contributed by atoms with E-state index in [9.17, 15) is 0 Å². The Morgan fingerprint density at radius 2 is 1.81 bits per heavy atom. The third-order valence-electron chi connectivity index (χ3n) is 2.76. The summed E-state index contributed by atoms with van der Waals surface area (Å²) in [4.78, 5) is 4.68. The maximum Gasteiger partial charge on any atom is 0.0706 e. The molecule has 1 aromatic heterocycles. The van der Waals surface area contributed by atoms with E-state index in [4.69, 9.17) is 0 Å². The van der Waals surface area contributed by atoms with E-state index >= 15 is 0 Å². The number of benzene rings is 1. The molecule has 1 aliphatic rings. The van der Waals surface area contributed by atoms with Crippen LogP contribution < -0.4 is 0 Å². The molecule has 0 fully saturated rings. The summed E-state index contributed by atoms with van der Waals surface area (Å²) in [5.74, 6) is 0.341. The summed E-state index contributed by atoms with van der Waals surface area (Å²) in [7, 11) is 0. The van der Waals surface area contributed by atoms with Crippen molar-refractivity contribution in [2.75, 3.05) is 0 Å². The second kappa shape index (κ2) is 3.87. The van der Waals surface area contributed by atoms with Crippen molar-refractivity contribution in [3.05, 3.63) is 64.8 Å². The second-order valence-corrected chi connectivity index (χ2v) is 4.78. The fourth-order valence-electron chi connectivity index (χ4n) is 1.93. The predicted octanol–water partition coefficient (Wildman–Crippen LogP) is 4.21. The van der Waals surface area contributed by atoms with Crippen LogP contribution in [0.15, 0.2) is 59.1 Å². The van der Waals surface area contributed by atoms with Gasteiger partial charge in [0.1, 0.15) is 0 Å². The summed E-state index contributed by atoms with van der Waals surface area (Å²) < 4.78 is 1.09. The molecule has 2 aromatic rings. The third-order valence-corrected chi connectivity index (χ3v) is 3.26. The molecule has 1 aromatic carbocycles. The average molecular weight is 272 g/mol. The van der Waals surface area contributed by atoms with E-state index in [1.54, 1.807) is 0 Å². The normalized spacial score (nSPS) is 15.1. The minimum absolute atomic E-state index is 0.341. The first-order chi connectivity index (χ1) is 7.83. The molecular weight excluding hydrogens is 262 g/mol. The standard InChI is InChI=1S/C14H10BrN/c15-12-6-8-14-11(9-12)5-7-13(16-14)10-3-1-2-4-10/h1-10H. The molecule has 0 saturated carbocycles. The van der Waals surface area contributed by atoms with Gasteiger partial charge in [-0.05, 0) is 24.3 Å². The van der Waals surface area contributed by atoms with Gasteiger partial charge in [0.25, 0.3) is 0 Å². The van der Waals surface area contributed by atoms with Crippen LogP contribution in [-0.4, -0.2) is 4.98 Å². The molecule has 0 atom stereocenters. The summed E-state index contributed by atoms with van der Waals surface area (Å²) in [6.07, 6.45) is 8.45. The molecule has 0 bridgehead atoms. The Hall–Kier alpha value is -1.41. The van der Waals surface area contributed by atoms with Gasteiger partial charge in [-0.1, -0.05) is 46.3 Å². The van der Waals surface area contributed by atoms with E-state index in [1.807, 2.05) is 12.1 Å². The lowest BCUT2D eigenvalue weighted by Crippen LogP contribution is -1.93. The molecule has 16 heavy (non-hydrogen) atoms. The first-order valence-electron chi connectivity index (χ1n) is 5.24. The number of rotatable bonds is 1. The lowest BCUT2D eigenvalue weighted by molar-refractivity contribution is 1.03. The van der Waals surface area contributed by atoms with Gasteiger partial charge in [-0.15, -0.1) is 0 Å². The summed E-state index contributed by atoms with van der Waals surface area (Å²) >= 11 is 3.47. The fourth-order valence-corrected chi connectivity index (χ4v) is 2.31. The molecule has 0 radical (unpaired) electrons. The zero-order valence-corrected chi connectivity index (χ0v) is 10.2. The van der Waals surface area contributed by atoms with Crippen molar-refractivity contribution in [3.8, 4) is 0 Å². The van der Waals surface area contributed by atoms with Crippen molar-refractivity contribution in [1.82, 2.24) is 4.98 Å². The first kappa shape index (κ1) is 9.79. The topological polar surface area (TPSA) is 12.9 Å². The van der Waals surface area contributed by atoms with Crippen molar-refractivity contribution < 1.29 is 0 Å². The molecule has 1 heterocycles. The van der Waals surface area contributed by atoms with Crippen LogP contribution in [0, 0.1) is 0 Å². The van der Waals surface area contributed by atoms with E-state index in [2.05, 4.69) is 63.4 Å². The van der Waals surface area contributed by atoms with Gasteiger partial charge in [0.05, 0.1) is 11.2 Å². The Labute approximate surface area is 103 Å². The number of pyridine rings is 1. The highest BCUT2D eigenvalue weighted by Gasteiger charge is 2.08. The highest BCUT2D eigenvalue weighted by Crippen LogP contribution is 2.24. The Morgan fingerprint density at radius 1 is 1.00 bits per heavy atom. The van der Waals surface area contributed by atoms with Gasteiger partial charge in [-0.2, -0.15) is 0 Å². The monoisotopic (exact) mass is 271 g/mol. The van der Waals surface area contributed by atoms with Crippen LogP contribution in [-0.2, 0) is 0 Å². The molecular formula is C14H10BrN. The van der Waals surface area contributed by atoms with Gasteiger partial charge in [0.15, 0.2) is 0 Å². The number of nitrogens with zero attached hydrogens (tertiary/aromatic N) is 1. The zero-order chi connectivity index (χ0) is 11.0. The minimum Gasteiger partial charge on any atom is -0.252 e. The third kappa shape index (κ3) is 1.69. The lowest BCUT2D eigenvalue weighted by Gasteiger charge is -2.06. The van der Waals surface area contributed by atoms with Gasteiger partial charge < -0.3 is 0 Å². The zero-order valence-electron chi connectivity index (χ0n) is 8.60. The van der Waals surface area contributed by atoms with Crippen LogP contribution in [0.3, 0.4) is 0 Å². The molecule has 78 valence electrons. The maximum atomic E-state index is 4.68. The highest BCUT2D eigenvalue weighted by atomic mass is 79.9. The average Bonchev–Trinajstić information content (AvgIpc) is 2.82. The fraction of sp³-hybridized carbons (Fsp3) is 0.0714. The summed E-state index contributed by atoms with van der Waals surface area (Å²) in [6, 6.07) is 10.4. The van der Waals surface area contributed by atoms with Crippen molar-refractivity contribution in [1.29, 1.82) is 0 Å². The maximum absolute atomic E-state index is 4.68. The Kier molecular flexibility index (Phi) is 2.37. The summed E-state index contributed by atoms with van der Waals surface area (Å²) in [5, 5.41) is 1.17. The second-order valence-electron chi connectivity index (χ2n) is 3.87. The van der Waals surface area contributed by atoms with Crippen LogP contribution in [0.2, 0.25) is 0 Å². The lowest BCUT2D eigenvalue weighted by atomic mass is 10.1. The molecule has 0 aliphatic heterocycles. The molecule has 1 aliphatic carbocycles. The number of halogens is 1. The van der Waals surface area contributed by atoms with Crippen LogP contribution in [0.4, 0.5) is 0 Å². The largest absolute Gasteiger partial charge is 0.252 e. The first-order valence-corrected chi connectivity index (χ1v) is 6.03. The quantitative estimate of drug-likeness (QED) is 0.757. The number of hydrogen-bond acceptors (Lipinski definition) is 1. The Balaban J connectivity index is 2.12. The van der Waals surface area contributed by atoms with E-state index in [0.717, 1.165) is 15.7 Å². The van der Waals surface area contributed by atoms with Crippen LogP contribution in [0.5, 0.6) is 0 Å². The number of allylic oxidation sites excluding steroid dienone is 4. The molecule has 3 rings (SSSR count). The van der Waals surface area contributed by atoms with Crippen LogP contribution in [0.1, 0.15) is 11.6 Å². The van der Waals surface area contributed by atoms with E-state index in [1.165, 1.54) is 5.39 Å². The SMILES string of the molecule is Brc1ccc2nc(C3C=CC=C3)ccc2c1. The highest BCUT2D eigenvalue weighted by molar-refractivity contribution is 9.10. The molecule has 1 nitrogen and oxygen atoms in total.